The van der Waals surface area contributed by atoms with Crippen molar-refractivity contribution in [1.29, 1.82) is 0 Å². The maximum atomic E-state index is 11.9. The number of hydroxylamine groups is 1. The third-order valence-electron chi connectivity index (χ3n) is 3.45. The molecule has 0 saturated carbocycles. The lowest BCUT2D eigenvalue weighted by molar-refractivity contribution is 0.0119. The van der Waals surface area contributed by atoms with Gasteiger partial charge in [0.05, 0.1) is 5.56 Å². The van der Waals surface area contributed by atoms with Crippen LogP contribution in [0.2, 0.25) is 0 Å². The van der Waals surface area contributed by atoms with E-state index in [1.54, 1.807) is 24.3 Å². The molecule has 2 N–H and O–H groups in total. The Bertz CT molecular complexity index is 610. The Balaban J connectivity index is 1.62. The summed E-state index contributed by atoms with van der Waals surface area (Å²) in [6.07, 6.45) is 7.62. The normalized spacial score (nSPS) is 18.0. The molecule has 1 heterocycles. The number of benzene rings is 1. The first kappa shape index (κ1) is 13.5. The van der Waals surface area contributed by atoms with Crippen molar-refractivity contribution < 1.29 is 9.63 Å². The van der Waals surface area contributed by atoms with E-state index in [-0.39, 0.29) is 6.04 Å². The van der Waals surface area contributed by atoms with Crippen LogP contribution in [0, 0.1) is 5.92 Å². The van der Waals surface area contributed by atoms with Gasteiger partial charge < -0.3 is 9.82 Å². The molecule has 6 nitrogen and oxygen atoms in total. The van der Waals surface area contributed by atoms with Crippen molar-refractivity contribution in [2.45, 2.75) is 18.9 Å². The van der Waals surface area contributed by atoms with Crippen LogP contribution in [0.5, 0.6) is 0 Å². The summed E-state index contributed by atoms with van der Waals surface area (Å²) in [4.78, 5) is 20.1. The molecule has 2 atom stereocenters. The molecule has 1 aromatic carbocycles. The molecule has 0 bridgehead atoms. The fourth-order valence-corrected chi connectivity index (χ4v) is 2.16. The van der Waals surface area contributed by atoms with Crippen LogP contribution in [0.4, 0.5) is 0 Å². The molecule has 0 amide bonds. The van der Waals surface area contributed by atoms with Gasteiger partial charge in [-0.3, -0.25) is 0 Å². The molecule has 2 aromatic rings. The zero-order chi connectivity index (χ0) is 14.5. The molecular weight excluding hydrogens is 268 g/mol. The number of aromatic amines is 1. The predicted molar refractivity (Wildman–Crippen MR) is 76.0 cm³/mol. The SMILES string of the molecule is O=C(ONC(CC1C=CC1)c1nnc[nH]1)c1ccccc1. The number of nitrogens with zero attached hydrogens (tertiary/aromatic N) is 2. The molecule has 0 spiro atoms. The van der Waals surface area contributed by atoms with Gasteiger partial charge >= 0.3 is 5.97 Å². The maximum Gasteiger partial charge on any atom is 0.356 e. The minimum atomic E-state index is -0.413. The molecule has 2 unspecified atom stereocenters. The number of carbonyl (C=O) groups excluding carboxylic acids is 1. The average molecular weight is 284 g/mol. The second-order valence-corrected chi connectivity index (χ2v) is 4.96. The molecular formula is C15H16N4O2. The van der Waals surface area contributed by atoms with E-state index >= 15 is 0 Å². The largest absolute Gasteiger partial charge is 0.366 e. The van der Waals surface area contributed by atoms with Crippen LogP contribution < -0.4 is 5.48 Å². The highest BCUT2D eigenvalue weighted by atomic mass is 16.7. The molecule has 6 heteroatoms. The first-order valence-electron chi connectivity index (χ1n) is 6.87. The fourth-order valence-electron chi connectivity index (χ4n) is 2.16. The zero-order valence-corrected chi connectivity index (χ0v) is 11.4. The highest BCUT2D eigenvalue weighted by Crippen LogP contribution is 2.27. The fraction of sp³-hybridized carbons (Fsp3) is 0.267. The Morgan fingerprint density at radius 3 is 2.86 bits per heavy atom. The summed E-state index contributed by atoms with van der Waals surface area (Å²) < 4.78 is 0. The zero-order valence-electron chi connectivity index (χ0n) is 11.4. The van der Waals surface area contributed by atoms with Gasteiger partial charge in [0, 0.05) is 0 Å². The molecule has 3 rings (SSSR count). The molecule has 1 aromatic heterocycles. The second-order valence-electron chi connectivity index (χ2n) is 4.96. The third kappa shape index (κ3) is 3.35. The Labute approximate surface area is 122 Å². The minimum Gasteiger partial charge on any atom is -0.366 e. The van der Waals surface area contributed by atoms with Gasteiger partial charge in [-0.25, -0.2) is 4.79 Å². The van der Waals surface area contributed by atoms with Crippen LogP contribution in [-0.4, -0.2) is 21.2 Å². The van der Waals surface area contributed by atoms with E-state index in [4.69, 9.17) is 4.84 Å². The molecule has 0 fully saturated rings. The van der Waals surface area contributed by atoms with Crippen molar-refractivity contribution in [1.82, 2.24) is 20.7 Å². The lowest BCUT2D eigenvalue weighted by Crippen LogP contribution is -2.28. The molecule has 0 aliphatic heterocycles. The predicted octanol–water partition coefficient (Wildman–Crippen LogP) is 2.17. The van der Waals surface area contributed by atoms with E-state index in [0.29, 0.717) is 17.3 Å². The lowest BCUT2D eigenvalue weighted by Gasteiger charge is -2.23. The highest BCUT2D eigenvalue weighted by Gasteiger charge is 2.23. The van der Waals surface area contributed by atoms with Crippen molar-refractivity contribution in [2.75, 3.05) is 0 Å². The van der Waals surface area contributed by atoms with Crippen molar-refractivity contribution in [3.8, 4) is 0 Å². The Morgan fingerprint density at radius 2 is 2.24 bits per heavy atom. The molecule has 21 heavy (non-hydrogen) atoms. The van der Waals surface area contributed by atoms with Crippen LogP contribution in [0.15, 0.2) is 48.8 Å². The number of nitrogens with one attached hydrogen (secondary N) is 2. The van der Waals surface area contributed by atoms with E-state index in [0.717, 1.165) is 12.8 Å². The first-order chi connectivity index (χ1) is 10.3. The van der Waals surface area contributed by atoms with E-state index < -0.39 is 5.97 Å². The van der Waals surface area contributed by atoms with E-state index in [1.165, 1.54) is 6.33 Å². The number of carbonyl (C=O) groups is 1. The van der Waals surface area contributed by atoms with Crippen LogP contribution in [-0.2, 0) is 4.84 Å². The number of hydrogen-bond donors (Lipinski definition) is 2. The standard InChI is InChI=1S/C15H16N4O2/c20-15(12-7-2-1-3-8-12)21-19-13(9-11-5-4-6-11)14-16-10-17-18-14/h1-5,7-8,10-11,13,19H,6,9H2,(H,16,17,18). The number of aromatic nitrogens is 3. The Hall–Kier alpha value is -2.47. The van der Waals surface area contributed by atoms with Crippen molar-refractivity contribution in [3.63, 3.8) is 0 Å². The van der Waals surface area contributed by atoms with Crippen LogP contribution >= 0.6 is 0 Å². The topological polar surface area (TPSA) is 79.9 Å². The summed E-state index contributed by atoms with van der Waals surface area (Å²) in [6.45, 7) is 0. The highest BCUT2D eigenvalue weighted by molar-refractivity contribution is 5.89. The maximum absolute atomic E-state index is 11.9. The number of H-pyrrole nitrogens is 1. The van der Waals surface area contributed by atoms with Gasteiger partial charge in [-0.1, -0.05) is 30.4 Å². The quantitative estimate of drug-likeness (QED) is 0.627. The van der Waals surface area contributed by atoms with Gasteiger partial charge in [-0.2, -0.15) is 0 Å². The van der Waals surface area contributed by atoms with Gasteiger partial charge in [0.2, 0.25) is 0 Å². The summed E-state index contributed by atoms with van der Waals surface area (Å²) in [5.41, 5.74) is 3.31. The summed E-state index contributed by atoms with van der Waals surface area (Å²) in [6, 6.07) is 8.66. The van der Waals surface area contributed by atoms with E-state index in [1.807, 2.05) is 6.07 Å². The summed E-state index contributed by atoms with van der Waals surface area (Å²) in [7, 11) is 0. The smallest absolute Gasteiger partial charge is 0.356 e. The molecule has 0 radical (unpaired) electrons. The van der Waals surface area contributed by atoms with Gasteiger partial charge in [0.25, 0.3) is 0 Å². The van der Waals surface area contributed by atoms with Crippen LogP contribution in [0.25, 0.3) is 0 Å². The Morgan fingerprint density at radius 1 is 1.43 bits per heavy atom. The van der Waals surface area contributed by atoms with Crippen LogP contribution in [0.1, 0.15) is 35.1 Å². The van der Waals surface area contributed by atoms with Gasteiger partial charge in [-0.05, 0) is 30.9 Å². The molecule has 108 valence electrons. The van der Waals surface area contributed by atoms with Crippen molar-refractivity contribution in [2.24, 2.45) is 5.92 Å². The summed E-state index contributed by atoms with van der Waals surface area (Å²) >= 11 is 0. The molecule has 0 saturated heterocycles. The number of hydrogen-bond acceptors (Lipinski definition) is 5. The monoisotopic (exact) mass is 284 g/mol. The molecule has 1 aliphatic rings. The Kier molecular flexibility index (Phi) is 4.07. The van der Waals surface area contributed by atoms with Gasteiger partial charge in [0.15, 0.2) is 5.82 Å². The van der Waals surface area contributed by atoms with Crippen LogP contribution in [0.3, 0.4) is 0 Å². The average Bonchev–Trinajstić information content (AvgIpc) is 3.00. The van der Waals surface area contributed by atoms with E-state index in [9.17, 15) is 4.79 Å². The summed E-state index contributed by atoms with van der Waals surface area (Å²) in [5, 5.41) is 7.77. The second kappa shape index (κ2) is 6.32. The first-order valence-corrected chi connectivity index (χ1v) is 6.87. The summed E-state index contributed by atoms with van der Waals surface area (Å²) in [5.74, 6) is 0.725. The van der Waals surface area contributed by atoms with E-state index in [2.05, 4.69) is 32.8 Å². The third-order valence-corrected chi connectivity index (χ3v) is 3.45. The van der Waals surface area contributed by atoms with Gasteiger partial charge in [0.1, 0.15) is 12.4 Å². The van der Waals surface area contributed by atoms with Gasteiger partial charge in [-0.15, -0.1) is 15.7 Å². The molecule has 1 aliphatic carbocycles. The number of rotatable bonds is 6. The number of allylic oxidation sites excluding steroid dienone is 2. The lowest BCUT2D eigenvalue weighted by atomic mass is 9.89. The minimum absolute atomic E-state index is 0.199. The van der Waals surface area contributed by atoms with Crippen molar-refractivity contribution >= 4 is 5.97 Å². The van der Waals surface area contributed by atoms with Crippen molar-refractivity contribution in [3.05, 3.63) is 60.2 Å².